The average Bonchev–Trinajstić information content (AvgIpc) is 2.35. The normalized spacial score (nSPS) is 11.8. The van der Waals surface area contributed by atoms with E-state index in [4.69, 9.17) is 9.47 Å². The first-order chi connectivity index (χ1) is 7.63. The highest BCUT2D eigenvalue weighted by Crippen LogP contribution is 2.30. The molecule has 0 bridgehead atoms. The van der Waals surface area contributed by atoms with Crippen LogP contribution in [0.2, 0.25) is 0 Å². The number of methoxy groups -OCH3 is 3. The topological polar surface area (TPSA) is 65.0 Å². The Balaban J connectivity index is 3.03. The van der Waals surface area contributed by atoms with Crippen LogP contribution in [-0.4, -0.2) is 32.4 Å². The van der Waals surface area contributed by atoms with Crippen molar-refractivity contribution in [2.24, 2.45) is 0 Å². The largest absolute Gasteiger partial charge is 0.493 e. The van der Waals surface area contributed by atoms with Gasteiger partial charge in [0.15, 0.2) is 17.6 Å². The molecule has 1 aromatic carbocycles. The predicted octanol–water partition coefficient (Wildman–Crippen LogP) is 0.910. The van der Waals surface area contributed by atoms with Gasteiger partial charge in [-0.2, -0.15) is 0 Å². The summed E-state index contributed by atoms with van der Waals surface area (Å²) in [5.41, 5.74) is 0.393. The van der Waals surface area contributed by atoms with E-state index in [0.717, 1.165) is 0 Å². The van der Waals surface area contributed by atoms with Gasteiger partial charge in [-0.15, -0.1) is 0 Å². The van der Waals surface area contributed by atoms with Crippen molar-refractivity contribution in [3.05, 3.63) is 23.8 Å². The van der Waals surface area contributed by atoms with Crippen LogP contribution in [0.15, 0.2) is 18.2 Å². The molecular weight excluding hydrogens is 212 g/mol. The highest BCUT2D eigenvalue weighted by atomic mass is 16.5. The molecule has 5 nitrogen and oxygen atoms in total. The summed E-state index contributed by atoms with van der Waals surface area (Å²) in [6.45, 7) is 0. The fourth-order valence-electron chi connectivity index (χ4n) is 1.27. The number of aliphatic hydroxyl groups is 1. The molecule has 1 unspecified atom stereocenters. The van der Waals surface area contributed by atoms with E-state index < -0.39 is 12.1 Å². The Morgan fingerprint density at radius 1 is 1.19 bits per heavy atom. The van der Waals surface area contributed by atoms with Gasteiger partial charge in [0.1, 0.15) is 0 Å². The molecule has 0 amide bonds. The Bertz CT molecular complexity index is 375. The summed E-state index contributed by atoms with van der Waals surface area (Å²) >= 11 is 0. The lowest BCUT2D eigenvalue weighted by atomic mass is 10.1. The quantitative estimate of drug-likeness (QED) is 0.773. The molecule has 5 heteroatoms. The molecule has 0 aromatic heterocycles. The molecule has 0 saturated carbocycles. The number of esters is 1. The fraction of sp³-hybridized carbons (Fsp3) is 0.364. The minimum Gasteiger partial charge on any atom is -0.493 e. The summed E-state index contributed by atoms with van der Waals surface area (Å²) in [6.07, 6.45) is -1.31. The molecule has 0 aliphatic rings. The number of carbonyl (C=O) groups is 1. The summed E-state index contributed by atoms with van der Waals surface area (Å²) < 4.78 is 14.5. The number of hydrogen-bond donors (Lipinski definition) is 1. The van der Waals surface area contributed by atoms with Gasteiger partial charge in [0.2, 0.25) is 0 Å². The van der Waals surface area contributed by atoms with Gasteiger partial charge >= 0.3 is 5.97 Å². The summed E-state index contributed by atoms with van der Waals surface area (Å²) in [5, 5.41) is 9.60. The van der Waals surface area contributed by atoms with E-state index in [1.807, 2.05) is 0 Å². The van der Waals surface area contributed by atoms with Crippen molar-refractivity contribution in [3.8, 4) is 11.5 Å². The van der Waals surface area contributed by atoms with Crippen LogP contribution in [0.1, 0.15) is 11.7 Å². The van der Waals surface area contributed by atoms with Crippen LogP contribution in [-0.2, 0) is 9.53 Å². The van der Waals surface area contributed by atoms with Gasteiger partial charge in [0.25, 0.3) is 0 Å². The van der Waals surface area contributed by atoms with E-state index in [-0.39, 0.29) is 0 Å². The summed E-state index contributed by atoms with van der Waals surface area (Å²) in [7, 11) is 4.20. The Kier molecular flexibility index (Phi) is 4.13. The fourth-order valence-corrected chi connectivity index (χ4v) is 1.27. The van der Waals surface area contributed by atoms with E-state index in [9.17, 15) is 9.90 Å². The third kappa shape index (κ3) is 2.43. The lowest BCUT2D eigenvalue weighted by Gasteiger charge is -2.12. The Labute approximate surface area is 93.6 Å². The number of rotatable bonds is 4. The Morgan fingerprint density at radius 2 is 1.81 bits per heavy atom. The van der Waals surface area contributed by atoms with Crippen LogP contribution in [0.5, 0.6) is 11.5 Å². The van der Waals surface area contributed by atoms with Gasteiger partial charge in [-0.1, -0.05) is 6.07 Å². The maximum Gasteiger partial charge on any atom is 0.339 e. The zero-order chi connectivity index (χ0) is 12.1. The maximum atomic E-state index is 11.1. The molecule has 0 fully saturated rings. The van der Waals surface area contributed by atoms with E-state index in [2.05, 4.69) is 4.74 Å². The molecule has 0 heterocycles. The number of carbonyl (C=O) groups excluding carboxylic acids is 1. The molecule has 1 aromatic rings. The van der Waals surface area contributed by atoms with Crippen LogP contribution < -0.4 is 9.47 Å². The molecule has 0 spiro atoms. The first kappa shape index (κ1) is 12.3. The van der Waals surface area contributed by atoms with Gasteiger partial charge in [-0.05, 0) is 17.7 Å². The van der Waals surface area contributed by atoms with Crippen molar-refractivity contribution in [3.63, 3.8) is 0 Å². The summed E-state index contributed by atoms with van der Waals surface area (Å²) in [6, 6.07) is 4.71. The smallest absolute Gasteiger partial charge is 0.339 e. The Morgan fingerprint density at radius 3 is 2.31 bits per heavy atom. The second-order valence-electron chi connectivity index (χ2n) is 3.04. The van der Waals surface area contributed by atoms with Gasteiger partial charge < -0.3 is 19.3 Å². The lowest BCUT2D eigenvalue weighted by Crippen LogP contribution is -2.13. The SMILES string of the molecule is COC(=O)C(O)c1ccc(OC)c(OC)c1. The Hall–Kier alpha value is -1.75. The van der Waals surface area contributed by atoms with Crippen LogP contribution in [0, 0.1) is 0 Å². The number of aliphatic hydroxyl groups excluding tert-OH is 1. The van der Waals surface area contributed by atoms with Crippen molar-refractivity contribution in [1.82, 2.24) is 0 Å². The molecule has 1 atom stereocenters. The predicted molar refractivity (Wildman–Crippen MR) is 56.5 cm³/mol. The van der Waals surface area contributed by atoms with Crippen molar-refractivity contribution >= 4 is 5.97 Å². The van der Waals surface area contributed by atoms with Gasteiger partial charge in [-0.3, -0.25) is 0 Å². The summed E-state index contributed by atoms with van der Waals surface area (Å²) in [4.78, 5) is 11.1. The van der Waals surface area contributed by atoms with E-state index >= 15 is 0 Å². The molecule has 88 valence electrons. The number of benzene rings is 1. The molecule has 0 radical (unpaired) electrons. The van der Waals surface area contributed by atoms with E-state index in [1.165, 1.54) is 27.4 Å². The van der Waals surface area contributed by atoms with E-state index in [0.29, 0.717) is 17.1 Å². The highest BCUT2D eigenvalue weighted by Gasteiger charge is 2.19. The molecule has 0 aliphatic carbocycles. The molecule has 1 rings (SSSR count). The zero-order valence-corrected chi connectivity index (χ0v) is 9.39. The van der Waals surface area contributed by atoms with Gasteiger partial charge in [0, 0.05) is 0 Å². The molecule has 16 heavy (non-hydrogen) atoms. The molecule has 1 N–H and O–H groups in total. The number of hydrogen-bond acceptors (Lipinski definition) is 5. The lowest BCUT2D eigenvalue weighted by molar-refractivity contribution is -0.150. The maximum absolute atomic E-state index is 11.1. The van der Waals surface area contributed by atoms with Gasteiger partial charge in [-0.25, -0.2) is 4.79 Å². The standard InChI is InChI=1S/C11H14O5/c1-14-8-5-4-7(6-9(8)15-2)10(12)11(13)16-3/h4-6,10,12H,1-3H3. The van der Waals surface area contributed by atoms with Crippen molar-refractivity contribution in [1.29, 1.82) is 0 Å². The van der Waals surface area contributed by atoms with Crippen LogP contribution in [0.4, 0.5) is 0 Å². The molecule has 0 aliphatic heterocycles. The summed E-state index contributed by atoms with van der Waals surface area (Å²) in [5.74, 6) is 0.262. The minimum absolute atomic E-state index is 0.393. The van der Waals surface area contributed by atoms with Gasteiger partial charge in [0.05, 0.1) is 21.3 Å². The van der Waals surface area contributed by atoms with Crippen LogP contribution >= 0.6 is 0 Å². The van der Waals surface area contributed by atoms with E-state index in [1.54, 1.807) is 12.1 Å². The van der Waals surface area contributed by atoms with Crippen LogP contribution in [0.3, 0.4) is 0 Å². The molecule has 0 saturated heterocycles. The minimum atomic E-state index is -1.31. The first-order valence-electron chi connectivity index (χ1n) is 4.61. The van der Waals surface area contributed by atoms with Crippen molar-refractivity contribution in [2.45, 2.75) is 6.10 Å². The molecular formula is C11H14O5. The second kappa shape index (κ2) is 5.37. The third-order valence-electron chi connectivity index (χ3n) is 2.15. The van der Waals surface area contributed by atoms with Crippen molar-refractivity contribution in [2.75, 3.05) is 21.3 Å². The van der Waals surface area contributed by atoms with Crippen molar-refractivity contribution < 1.29 is 24.1 Å². The zero-order valence-electron chi connectivity index (χ0n) is 9.39. The average molecular weight is 226 g/mol. The first-order valence-corrected chi connectivity index (χ1v) is 4.61. The van der Waals surface area contributed by atoms with Crippen LogP contribution in [0.25, 0.3) is 0 Å². The second-order valence-corrected chi connectivity index (χ2v) is 3.04. The number of ether oxygens (including phenoxy) is 3. The monoisotopic (exact) mass is 226 g/mol. The third-order valence-corrected chi connectivity index (χ3v) is 2.15. The highest BCUT2D eigenvalue weighted by molar-refractivity contribution is 5.76.